The fourth-order valence-electron chi connectivity index (χ4n) is 5.02. The molecule has 0 saturated carbocycles. The van der Waals surface area contributed by atoms with E-state index in [1.54, 1.807) is 6.07 Å². The summed E-state index contributed by atoms with van der Waals surface area (Å²) in [5.74, 6) is 1.87. The lowest BCUT2D eigenvalue weighted by Crippen LogP contribution is -2.41. The number of halogens is 3. The summed E-state index contributed by atoms with van der Waals surface area (Å²) in [5.41, 5.74) is 1.23. The zero-order chi connectivity index (χ0) is 21.8. The van der Waals surface area contributed by atoms with Crippen LogP contribution in [0, 0.1) is 11.8 Å². The minimum Gasteiger partial charge on any atom is -0.355 e. The van der Waals surface area contributed by atoms with Crippen LogP contribution in [0.25, 0.3) is 10.2 Å². The minimum absolute atomic E-state index is 0.289. The van der Waals surface area contributed by atoms with Crippen molar-refractivity contribution in [3.05, 3.63) is 35.2 Å². The molecule has 0 spiro atoms. The minimum atomic E-state index is -4.22. The van der Waals surface area contributed by atoms with Crippen LogP contribution in [0.4, 0.5) is 19.0 Å². The molecule has 0 aliphatic carbocycles. The first kappa shape index (κ1) is 20.7. The van der Waals surface area contributed by atoms with Crippen molar-refractivity contribution >= 4 is 27.4 Å². The number of hydrogen-bond acceptors (Lipinski definition) is 6. The molecule has 0 bridgehead atoms. The second-order valence-corrected chi connectivity index (χ2v) is 9.87. The summed E-state index contributed by atoms with van der Waals surface area (Å²) in [6.07, 6.45) is 1.47. The number of likely N-dealkylation sites (tertiary alicyclic amines) is 1. The number of rotatable bonds is 4. The maximum Gasteiger partial charge on any atom is 0.393 e. The fraction of sp³-hybridized carbons (Fsp3) is 0.571. The van der Waals surface area contributed by atoms with Crippen LogP contribution in [-0.4, -0.2) is 57.0 Å². The van der Waals surface area contributed by atoms with E-state index in [4.69, 9.17) is 0 Å². The Morgan fingerprint density at radius 2 is 2.00 bits per heavy atom. The molecule has 5 rings (SSSR count). The molecular formula is C21H25F3N6S. The van der Waals surface area contributed by atoms with Crippen LogP contribution in [0.15, 0.2) is 24.8 Å². The first-order valence-corrected chi connectivity index (χ1v) is 11.4. The molecule has 0 unspecified atom stereocenters. The highest BCUT2D eigenvalue weighted by molar-refractivity contribution is 7.18. The van der Waals surface area contributed by atoms with Crippen LogP contribution < -0.4 is 4.90 Å². The standard InChI is InChI=1S/C21H25F3N6S/c1-13(15-7-27-28(2)8-15)29-4-3-14-9-30(11-16(14)10-29)19-18-5-17(6-21(22,23)24)31-20(18)26-12-25-19/h5,7-8,12-14,16H,3-4,6,9-11H2,1-2H3/t13-,14-,16+/m1/s1. The monoisotopic (exact) mass is 450 g/mol. The van der Waals surface area contributed by atoms with E-state index in [9.17, 15) is 13.2 Å². The van der Waals surface area contributed by atoms with Crippen molar-refractivity contribution in [2.75, 3.05) is 31.1 Å². The van der Waals surface area contributed by atoms with Gasteiger partial charge in [0.15, 0.2) is 0 Å². The maximum atomic E-state index is 12.8. The Kier molecular flexibility index (Phi) is 5.16. The number of nitrogens with zero attached hydrogens (tertiary/aromatic N) is 6. The summed E-state index contributed by atoms with van der Waals surface area (Å²) < 4.78 is 40.4. The molecule has 5 heterocycles. The van der Waals surface area contributed by atoms with Gasteiger partial charge in [-0.3, -0.25) is 9.58 Å². The third-order valence-electron chi connectivity index (χ3n) is 6.62. The maximum absolute atomic E-state index is 12.8. The van der Waals surface area contributed by atoms with Crippen molar-refractivity contribution in [3.63, 3.8) is 0 Å². The Balaban J connectivity index is 1.33. The van der Waals surface area contributed by atoms with Crippen molar-refractivity contribution in [2.24, 2.45) is 18.9 Å². The average molecular weight is 451 g/mol. The van der Waals surface area contributed by atoms with E-state index < -0.39 is 12.6 Å². The quantitative estimate of drug-likeness (QED) is 0.600. The normalized spacial score (nSPS) is 23.5. The molecule has 3 aromatic heterocycles. The second kappa shape index (κ2) is 7.74. The molecular weight excluding hydrogens is 425 g/mol. The Morgan fingerprint density at radius 3 is 2.74 bits per heavy atom. The van der Waals surface area contributed by atoms with Gasteiger partial charge in [0.05, 0.1) is 18.0 Å². The summed E-state index contributed by atoms with van der Waals surface area (Å²) in [6, 6.07) is 1.94. The van der Waals surface area contributed by atoms with Gasteiger partial charge < -0.3 is 4.90 Å². The zero-order valence-corrected chi connectivity index (χ0v) is 18.3. The van der Waals surface area contributed by atoms with Crippen LogP contribution in [0.2, 0.25) is 0 Å². The number of fused-ring (bicyclic) bond motifs is 2. The predicted molar refractivity (Wildman–Crippen MR) is 114 cm³/mol. The number of anilines is 1. The summed E-state index contributed by atoms with van der Waals surface area (Å²) in [4.78, 5) is 14.4. The third kappa shape index (κ3) is 4.15. The van der Waals surface area contributed by atoms with Crippen LogP contribution in [-0.2, 0) is 13.5 Å². The molecule has 2 aliphatic rings. The lowest BCUT2D eigenvalue weighted by molar-refractivity contribution is -0.126. The van der Waals surface area contributed by atoms with Crippen LogP contribution >= 0.6 is 11.3 Å². The van der Waals surface area contributed by atoms with Crippen molar-refractivity contribution in [3.8, 4) is 0 Å². The highest BCUT2D eigenvalue weighted by atomic mass is 32.1. The van der Waals surface area contributed by atoms with E-state index in [2.05, 4.69) is 38.0 Å². The van der Waals surface area contributed by atoms with Crippen molar-refractivity contribution in [1.29, 1.82) is 0 Å². The van der Waals surface area contributed by atoms with E-state index in [0.717, 1.165) is 55.1 Å². The SMILES string of the molecule is C[C@H](c1cnn(C)c1)N1CC[C@@H]2CN(c3ncnc4sc(CC(F)(F)F)cc34)C[C@@H]2C1. The van der Waals surface area contributed by atoms with Crippen LogP contribution in [0.5, 0.6) is 0 Å². The van der Waals surface area contributed by atoms with E-state index in [0.29, 0.717) is 22.7 Å². The van der Waals surface area contributed by atoms with Gasteiger partial charge in [-0.1, -0.05) is 0 Å². The van der Waals surface area contributed by atoms with Crippen molar-refractivity contribution in [1.82, 2.24) is 24.6 Å². The molecule has 31 heavy (non-hydrogen) atoms. The molecule has 0 aromatic carbocycles. The highest BCUT2D eigenvalue weighted by Gasteiger charge is 2.39. The number of hydrogen-bond donors (Lipinski definition) is 0. The summed E-state index contributed by atoms with van der Waals surface area (Å²) in [5, 5.41) is 5.04. The lowest BCUT2D eigenvalue weighted by atomic mass is 9.87. The van der Waals surface area contributed by atoms with Crippen LogP contribution in [0.1, 0.15) is 29.8 Å². The molecule has 2 aliphatic heterocycles. The van der Waals surface area contributed by atoms with Gasteiger partial charge in [0.1, 0.15) is 17.0 Å². The number of piperidine rings is 1. The topological polar surface area (TPSA) is 50.1 Å². The largest absolute Gasteiger partial charge is 0.393 e. The van der Waals surface area contributed by atoms with E-state index in [1.807, 2.05) is 17.9 Å². The first-order chi connectivity index (χ1) is 14.8. The van der Waals surface area contributed by atoms with Gasteiger partial charge in [0.2, 0.25) is 0 Å². The molecule has 0 amide bonds. The molecule has 6 nitrogen and oxygen atoms in total. The number of aromatic nitrogens is 4. The van der Waals surface area contributed by atoms with Gasteiger partial charge in [-0.05, 0) is 37.8 Å². The Bertz CT molecular complexity index is 1080. The van der Waals surface area contributed by atoms with E-state index in [1.165, 1.54) is 11.9 Å². The fourth-order valence-corrected chi connectivity index (χ4v) is 6.04. The first-order valence-electron chi connectivity index (χ1n) is 10.5. The highest BCUT2D eigenvalue weighted by Crippen LogP contribution is 2.39. The van der Waals surface area contributed by atoms with Crippen molar-refractivity contribution in [2.45, 2.75) is 32.0 Å². The third-order valence-corrected chi connectivity index (χ3v) is 7.66. The number of aryl methyl sites for hydroxylation is 1. The second-order valence-electron chi connectivity index (χ2n) is 8.75. The van der Waals surface area contributed by atoms with Gasteiger partial charge in [-0.15, -0.1) is 11.3 Å². The summed E-state index contributed by atoms with van der Waals surface area (Å²) in [7, 11) is 1.93. The zero-order valence-electron chi connectivity index (χ0n) is 17.5. The predicted octanol–water partition coefficient (Wildman–Crippen LogP) is 4.05. The van der Waals surface area contributed by atoms with Gasteiger partial charge in [0.25, 0.3) is 0 Å². The summed E-state index contributed by atoms with van der Waals surface area (Å²) in [6.45, 7) is 6.05. The molecule has 3 atom stereocenters. The van der Waals surface area contributed by atoms with E-state index in [-0.39, 0.29) is 4.88 Å². The Morgan fingerprint density at radius 1 is 1.19 bits per heavy atom. The van der Waals surface area contributed by atoms with Crippen molar-refractivity contribution < 1.29 is 13.2 Å². The molecule has 3 aromatic rings. The summed E-state index contributed by atoms with van der Waals surface area (Å²) >= 11 is 1.11. The van der Waals surface area contributed by atoms with Gasteiger partial charge in [0, 0.05) is 49.4 Å². The molecule has 2 saturated heterocycles. The van der Waals surface area contributed by atoms with Gasteiger partial charge in [-0.2, -0.15) is 18.3 Å². The number of alkyl halides is 3. The molecule has 0 radical (unpaired) electrons. The van der Waals surface area contributed by atoms with Crippen LogP contribution in [0.3, 0.4) is 0 Å². The van der Waals surface area contributed by atoms with E-state index >= 15 is 0 Å². The smallest absolute Gasteiger partial charge is 0.355 e. The van der Waals surface area contributed by atoms with Gasteiger partial charge in [-0.25, -0.2) is 9.97 Å². The Labute approximate surface area is 182 Å². The molecule has 0 N–H and O–H groups in total. The molecule has 166 valence electrons. The average Bonchev–Trinajstić information content (AvgIpc) is 3.42. The van der Waals surface area contributed by atoms with Gasteiger partial charge >= 0.3 is 6.18 Å². The molecule has 10 heteroatoms. The Hall–Kier alpha value is -2.20. The molecule has 2 fully saturated rings. The number of thiophene rings is 1. The lowest BCUT2D eigenvalue weighted by Gasteiger charge is -2.37.